The minimum absolute atomic E-state index is 0.0513. The number of nitrogens with two attached hydrogens (primary N) is 1. The molecule has 53 heavy (non-hydrogen) atoms. The molecule has 3 N–H and O–H groups in total. The third-order valence-corrected chi connectivity index (χ3v) is 9.98. The molecule has 2 atom stereocenters. The van der Waals surface area contributed by atoms with Gasteiger partial charge in [-0.1, -0.05) is 147 Å². The van der Waals surface area contributed by atoms with Gasteiger partial charge in [-0.25, -0.2) is 4.57 Å². The van der Waals surface area contributed by atoms with Crippen LogP contribution in [0.1, 0.15) is 194 Å². The molecule has 0 saturated carbocycles. The van der Waals surface area contributed by atoms with Gasteiger partial charge in [0.25, 0.3) is 0 Å². The lowest BCUT2D eigenvalue weighted by molar-refractivity contribution is -0.161. The van der Waals surface area contributed by atoms with Gasteiger partial charge in [-0.15, -0.1) is 0 Å². The lowest BCUT2D eigenvalue weighted by atomic mass is 10.1. The van der Waals surface area contributed by atoms with Crippen molar-refractivity contribution < 1.29 is 37.6 Å². The van der Waals surface area contributed by atoms with Crippen LogP contribution in [0.5, 0.6) is 0 Å². The summed E-state index contributed by atoms with van der Waals surface area (Å²) in [4.78, 5) is 34.8. The molecule has 0 radical (unpaired) electrons. The van der Waals surface area contributed by atoms with E-state index < -0.39 is 32.5 Å². The van der Waals surface area contributed by atoms with Crippen LogP contribution < -0.4 is 5.73 Å². The Bertz CT molecular complexity index is 970. The van der Waals surface area contributed by atoms with E-state index in [9.17, 15) is 19.0 Å². The Morgan fingerprint density at radius 2 is 0.981 bits per heavy atom. The fourth-order valence-corrected chi connectivity index (χ4v) is 6.54. The highest BCUT2D eigenvalue weighted by molar-refractivity contribution is 7.47. The molecule has 0 aliphatic carbocycles. The fraction of sp³-hybridized carbons (Fsp3) is 0.814. The van der Waals surface area contributed by atoms with Crippen molar-refractivity contribution in [1.29, 1.82) is 0 Å². The number of unbranched alkanes of at least 4 members (excludes halogenated alkanes) is 21. The van der Waals surface area contributed by atoms with Crippen molar-refractivity contribution in [2.24, 2.45) is 5.73 Å². The van der Waals surface area contributed by atoms with Crippen molar-refractivity contribution in [2.45, 2.75) is 200 Å². The second-order valence-corrected chi connectivity index (χ2v) is 15.7. The maximum atomic E-state index is 12.6. The van der Waals surface area contributed by atoms with E-state index in [2.05, 4.69) is 50.3 Å². The Labute approximate surface area is 324 Å². The predicted octanol–water partition coefficient (Wildman–Crippen LogP) is 12.2. The van der Waals surface area contributed by atoms with Crippen molar-refractivity contribution in [3.63, 3.8) is 0 Å². The lowest BCUT2D eigenvalue weighted by Crippen LogP contribution is -2.29. The minimum atomic E-state index is -4.38. The topological polar surface area (TPSA) is 134 Å². The van der Waals surface area contributed by atoms with E-state index in [1.54, 1.807) is 0 Å². The van der Waals surface area contributed by atoms with E-state index in [4.69, 9.17) is 24.3 Å². The molecule has 0 rings (SSSR count). The van der Waals surface area contributed by atoms with Gasteiger partial charge in [-0.3, -0.25) is 18.6 Å². The Balaban J connectivity index is 4.15. The van der Waals surface area contributed by atoms with Crippen LogP contribution in [0.25, 0.3) is 0 Å². The molecule has 0 amide bonds. The molecule has 0 saturated heterocycles. The van der Waals surface area contributed by atoms with Gasteiger partial charge < -0.3 is 20.1 Å². The number of phosphoric ester groups is 1. The zero-order valence-electron chi connectivity index (χ0n) is 34.0. The first-order valence-corrected chi connectivity index (χ1v) is 23.0. The highest BCUT2D eigenvalue weighted by Crippen LogP contribution is 2.43. The van der Waals surface area contributed by atoms with E-state index in [1.165, 1.54) is 89.9 Å². The normalized spacial score (nSPS) is 13.7. The van der Waals surface area contributed by atoms with Crippen LogP contribution in [0.15, 0.2) is 36.5 Å². The molecular formula is C43H80NO8P. The number of hydrogen-bond donors (Lipinski definition) is 2. The largest absolute Gasteiger partial charge is 0.472 e. The quantitative estimate of drug-likeness (QED) is 0.0270. The third kappa shape index (κ3) is 39.7. The molecule has 310 valence electrons. The molecule has 1 unspecified atom stereocenters. The Morgan fingerprint density at radius 1 is 0.566 bits per heavy atom. The van der Waals surface area contributed by atoms with Crippen LogP contribution in [-0.2, 0) is 32.7 Å². The van der Waals surface area contributed by atoms with E-state index >= 15 is 0 Å². The van der Waals surface area contributed by atoms with Crippen molar-refractivity contribution in [1.82, 2.24) is 0 Å². The van der Waals surface area contributed by atoms with Gasteiger partial charge in [0.2, 0.25) is 0 Å². The highest BCUT2D eigenvalue weighted by atomic mass is 31.2. The third-order valence-electron chi connectivity index (χ3n) is 9.00. The standard InChI is InChI=1S/C43H80NO8P/c1-3-5-7-9-11-13-15-17-18-19-20-21-22-24-26-28-30-32-34-36-43(46)52-41(40-51-53(47,48)50-38-37-44)39-49-42(45)35-33-31-29-27-25-23-16-14-12-10-8-6-4-2/h11,13-14,16-18,41H,3-10,12,15,19-40,44H2,1-2H3,(H,47,48)/b13-11+,16-14+,18-17+/t41-/m1/s1. The van der Waals surface area contributed by atoms with Crippen LogP contribution in [0.2, 0.25) is 0 Å². The van der Waals surface area contributed by atoms with Gasteiger partial charge in [0.15, 0.2) is 6.10 Å². The summed E-state index contributed by atoms with van der Waals surface area (Å²) >= 11 is 0. The molecule has 0 heterocycles. The molecule has 0 spiro atoms. The lowest BCUT2D eigenvalue weighted by Gasteiger charge is -2.19. The summed E-state index contributed by atoms with van der Waals surface area (Å²) in [5, 5.41) is 0. The number of carbonyl (C=O) groups excluding carboxylic acids is 2. The molecule has 0 aliphatic heterocycles. The van der Waals surface area contributed by atoms with Gasteiger partial charge in [0.1, 0.15) is 6.61 Å². The van der Waals surface area contributed by atoms with E-state index in [0.717, 1.165) is 70.6 Å². The summed E-state index contributed by atoms with van der Waals surface area (Å²) in [5.74, 6) is -0.842. The second kappa shape index (κ2) is 39.9. The summed E-state index contributed by atoms with van der Waals surface area (Å²) in [5.41, 5.74) is 5.34. The average molecular weight is 770 g/mol. The number of ether oxygens (including phenoxy) is 2. The van der Waals surface area contributed by atoms with Crippen LogP contribution in [0.4, 0.5) is 0 Å². The first-order chi connectivity index (χ1) is 25.8. The molecule has 9 nitrogen and oxygen atoms in total. The Morgan fingerprint density at radius 3 is 1.49 bits per heavy atom. The van der Waals surface area contributed by atoms with Gasteiger partial charge >= 0.3 is 19.8 Å². The molecule has 0 aromatic carbocycles. The average Bonchev–Trinajstić information content (AvgIpc) is 3.14. The minimum Gasteiger partial charge on any atom is -0.462 e. The summed E-state index contributed by atoms with van der Waals surface area (Å²) in [6, 6.07) is 0. The first kappa shape index (κ1) is 51.2. The zero-order valence-corrected chi connectivity index (χ0v) is 34.9. The molecular weight excluding hydrogens is 689 g/mol. The summed E-state index contributed by atoms with van der Waals surface area (Å²) in [6.45, 7) is 3.68. The number of carbonyl (C=O) groups is 2. The smallest absolute Gasteiger partial charge is 0.462 e. The monoisotopic (exact) mass is 770 g/mol. The van der Waals surface area contributed by atoms with Gasteiger partial charge in [-0.2, -0.15) is 0 Å². The van der Waals surface area contributed by atoms with Crippen LogP contribution in [0.3, 0.4) is 0 Å². The zero-order chi connectivity index (χ0) is 38.9. The van der Waals surface area contributed by atoms with Crippen molar-refractivity contribution in [3.05, 3.63) is 36.5 Å². The fourth-order valence-electron chi connectivity index (χ4n) is 5.78. The van der Waals surface area contributed by atoms with Crippen LogP contribution in [-0.4, -0.2) is 49.3 Å². The van der Waals surface area contributed by atoms with E-state index in [1.807, 2.05) is 0 Å². The maximum Gasteiger partial charge on any atom is 0.472 e. The van der Waals surface area contributed by atoms with Crippen molar-refractivity contribution >= 4 is 19.8 Å². The molecule has 0 aromatic rings. The van der Waals surface area contributed by atoms with Gasteiger partial charge in [0.05, 0.1) is 13.2 Å². The SMILES string of the molecule is CCCCC/C=C/C/C=C/CCCCCCCCCCCC(=O)O[C@H](COC(=O)CCCCCCC/C=C/CCCCCC)COP(=O)(O)OCCN. The van der Waals surface area contributed by atoms with E-state index in [0.29, 0.717) is 6.42 Å². The van der Waals surface area contributed by atoms with Crippen molar-refractivity contribution in [3.8, 4) is 0 Å². The summed E-state index contributed by atoms with van der Waals surface area (Å²) < 4.78 is 32.7. The second-order valence-electron chi connectivity index (χ2n) is 14.2. The Hall–Kier alpha value is -1.77. The molecule has 0 aliphatic rings. The summed E-state index contributed by atoms with van der Waals surface area (Å²) in [7, 11) is -4.38. The number of hydrogen-bond acceptors (Lipinski definition) is 8. The highest BCUT2D eigenvalue weighted by Gasteiger charge is 2.26. The number of esters is 2. The van der Waals surface area contributed by atoms with Gasteiger partial charge in [0, 0.05) is 19.4 Å². The first-order valence-electron chi connectivity index (χ1n) is 21.5. The van der Waals surface area contributed by atoms with Crippen LogP contribution >= 0.6 is 7.82 Å². The van der Waals surface area contributed by atoms with Crippen LogP contribution in [0, 0.1) is 0 Å². The molecule has 0 bridgehead atoms. The molecule has 0 aromatic heterocycles. The van der Waals surface area contributed by atoms with Crippen molar-refractivity contribution in [2.75, 3.05) is 26.4 Å². The number of phosphoric acid groups is 1. The Kier molecular flexibility index (Phi) is 38.6. The summed E-state index contributed by atoms with van der Waals surface area (Å²) in [6.07, 6.45) is 43.1. The number of rotatable bonds is 40. The van der Waals surface area contributed by atoms with E-state index in [-0.39, 0.29) is 32.6 Å². The molecule has 0 fully saturated rings. The molecule has 10 heteroatoms. The van der Waals surface area contributed by atoms with Gasteiger partial charge in [-0.05, 0) is 70.6 Å². The number of allylic oxidation sites excluding steroid dienone is 6. The maximum absolute atomic E-state index is 12.6. The predicted molar refractivity (Wildman–Crippen MR) is 220 cm³/mol.